The summed E-state index contributed by atoms with van der Waals surface area (Å²) in [5.41, 5.74) is 0. The molecule has 2 nitrogen and oxygen atoms in total. The molecule has 1 rings (SSSR count). The molecule has 0 aromatic heterocycles. The Morgan fingerprint density at radius 3 is 2.57 bits per heavy atom. The summed E-state index contributed by atoms with van der Waals surface area (Å²) >= 11 is 2.34. The lowest BCUT2D eigenvalue weighted by atomic mass is 9.82. The molecule has 82 valence electrons. The SMILES string of the molecule is CC1CCC(C(=O)NCCCI)CC1. The Labute approximate surface area is 100 Å². The van der Waals surface area contributed by atoms with Crippen LogP contribution in [0, 0.1) is 11.8 Å². The van der Waals surface area contributed by atoms with Crippen molar-refractivity contribution in [2.24, 2.45) is 11.8 Å². The fraction of sp³-hybridized carbons (Fsp3) is 0.909. The average molecular weight is 309 g/mol. The first-order valence-corrected chi connectivity index (χ1v) is 7.10. The van der Waals surface area contributed by atoms with Crippen molar-refractivity contribution in [3.8, 4) is 0 Å². The first-order valence-electron chi connectivity index (χ1n) is 5.57. The van der Waals surface area contributed by atoms with Gasteiger partial charge in [-0.1, -0.05) is 29.5 Å². The molecule has 0 bridgehead atoms. The molecule has 1 amide bonds. The van der Waals surface area contributed by atoms with Crippen molar-refractivity contribution in [1.29, 1.82) is 0 Å². The summed E-state index contributed by atoms with van der Waals surface area (Å²) in [5.74, 6) is 1.43. The van der Waals surface area contributed by atoms with Gasteiger partial charge in [0.2, 0.25) is 5.91 Å². The number of halogens is 1. The summed E-state index contributed by atoms with van der Waals surface area (Å²) in [6, 6.07) is 0. The molecule has 14 heavy (non-hydrogen) atoms. The summed E-state index contributed by atoms with van der Waals surface area (Å²) in [7, 11) is 0. The highest BCUT2D eigenvalue weighted by molar-refractivity contribution is 14.1. The number of rotatable bonds is 4. The summed E-state index contributed by atoms with van der Waals surface area (Å²) < 4.78 is 1.12. The van der Waals surface area contributed by atoms with Gasteiger partial charge < -0.3 is 5.32 Å². The lowest BCUT2D eigenvalue weighted by Gasteiger charge is -2.25. The summed E-state index contributed by atoms with van der Waals surface area (Å²) in [5, 5.41) is 3.02. The molecule has 1 N–H and O–H groups in total. The third-order valence-corrected chi connectivity index (χ3v) is 3.76. The van der Waals surface area contributed by atoms with Crippen LogP contribution < -0.4 is 5.32 Å². The van der Waals surface area contributed by atoms with E-state index in [1.165, 1.54) is 12.8 Å². The summed E-state index contributed by atoms with van der Waals surface area (Å²) in [6.45, 7) is 3.14. The van der Waals surface area contributed by atoms with E-state index in [1.807, 2.05) is 0 Å². The Balaban J connectivity index is 2.17. The van der Waals surface area contributed by atoms with Gasteiger partial charge in [-0.3, -0.25) is 4.79 Å². The van der Waals surface area contributed by atoms with E-state index in [2.05, 4.69) is 34.8 Å². The highest BCUT2D eigenvalue weighted by Crippen LogP contribution is 2.28. The van der Waals surface area contributed by atoms with E-state index in [0.29, 0.717) is 11.8 Å². The van der Waals surface area contributed by atoms with E-state index < -0.39 is 0 Å². The maximum Gasteiger partial charge on any atom is 0.223 e. The maximum atomic E-state index is 11.7. The lowest BCUT2D eigenvalue weighted by molar-refractivity contribution is -0.126. The molecule has 0 unspecified atom stereocenters. The number of hydrogen-bond donors (Lipinski definition) is 1. The van der Waals surface area contributed by atoms with Crippen molar-refractivity contribution in [2.75, 3.05) is 11.0 Å². The Morgan fingerprint density at radius 2 is 2.00 bits per heavy atom. The van der Waals surface area contributed by atoms with Crippen molar-refractivity contribution in [3.63, 3.8) is 0 Å². The molecular formula is C11H20INO. The highest BCUT2D eigenvalue weighted by Gasteiger charge is 2.23. The number of nitrogens with one attached hydrogen (secondary N) is 1. The van der Waals surface area contributed by atoms with E-state index in [9.17, 15) is 4.79 Å². The van der Waals surface area contributed by atoms with Gasteiger partial charge >= 0.3 is 0 Å². The fourth-order valence-corrected chi connectivity index (χ4v) is 2.33. The van der Waals surface area contributed by atoms with Gasteiger partial charge in [0.25, 0.3) is 0 Å². The second-order valence-corrected chi connectivity index (χ2v) is 5.37. The first-order chi connectivity index (χ1) is 6.74. The van der Waals surface area contributed by atoms with E-state index in [-0.39, 0.29) is 0 Å². The van der Waals surface area contributed by atoms with E-state index in [4.69, 9.17) is 0 Å². The minimum Gasteiger partial charge on any atom is -0.356 e. The zero-order chi connectivity index (χ0) is 10.4. The van der Waals surface area contributed by atoms with Crippen LogP contribution in [0.4, 0.5) is 0 Å². The standard InChI is InChI=1S/C11H20INO/c1-9-3-5-10(6-4-9)11(14)13-8-2-7-12/h9-10H,2-8H2,1H3,(H,13,14). The van der Waals surface area contributed by atoms with Crippen molar-refractivity contribution in [3.05, 3.63) is 0 Å². The van der Waals surface area contributed by atoms with Gasteiger partial charge in [-0.15, -0.1) is 0 Å². The van der Waals surface area contributed by atoms with Crippen molar-refractivity contribution in [2.45, 2.75) is 39.0 Å². The van der Waals surface area contributed by atoms with Crippen LogP contribution in [0.25, 0.3) is 0 Å². The molecular weight excluding hydrogens is 289 g/mol. The molecule has 1 aliphatic carbocycles. The monoisotopic (exact) mass is 309 g/mol. The van der Waals surface area contributed by atoms with Crippen LogP contribution in [0.3, 0.4) is 0 Å². The zero-order valence-corrected chi connectivity index (χ0v) is 11.0. The smallest absolute Gasteiger partial charge is 0.223 e. The van der Waals surface area contributed by atoms with Crippen molar-refractivity contribution in [1.82, 2.24) is 5.32 Å². The minimum atomic E-state index is 0.293. The number of amides is 1. The highest BCUT2D eigenvalue weighted by atomic mass is 127. The van der Waals surface area contributed by atoms with Crippen LogP contribution in [0.2, 0.25) is 0 Å². The predicted molar refractivity (Wildman–Crippen MR) is 67.6 cm³/mol. The number of alkyl halides is 1. The van der Waals surface area contributed by atoms with Crippen LogP contribution in [0.15, 0.2) is 0 Å². The molecule has 3 heteroatoms. The maximum absolute atomic E-state index is 11.7. The Bertz CT molecular complexity index is 176. The number of hydrogen-bond acceptors (Lipinski definition) is 1. The molecule has 0 spiro atoms. The molecule has 0 aliphatic heterocycles. The van der Waals surface area contributed by atoms with E-state index in [0.717, 1.165) is 36.2 Å². The van der Waals surface area contributed by atoms with Gasteiger partial charge in [-0.25, -0.2) is 0 Å². The zero-order valence-electron chi connectivity index (χ0n) is 8.89. The number of carbonyl (C=O) groups is 1. The van der Waals surface area contributed by atoms with Gasteiger partial charge in [0.15, 0.2) is 0 Å². The second-order valence-electron chi connectivity index (χ2n) is 4.29. The van der Waals surface area contributed by atoms with Crippen LogP contribution >= 0.6 is 22.6 Å². The molecule has 0 aromatic rings. The lowest BCUT2D eigenvalue weighted by Crippen LogP contribution is -2.33. The van der Waals surface area contributed by atoms with Crippen LogP contribution in [-0.2, 0) is 4.79 Å². The third kappa shape index (κ3) is 4.15. The quantitative estimate of drug-likeness (QED) is 0.483. The molecule has 0 atom stereocenters. The van der Waals surface area contributed by atoms with Crippen LogP contribution in [0.5, 0.6) is 0 Å². The normalized spacial score (nSPS) is 27.3. The molecule has 0 heterocycles. The molecule has 0 saturated heterocycles. The largest absolute Gasteiger partial charge is 0.356 e. The molecule has 1 saturated carbocycles. The predicted octanol–water partition coefficient (Wildman–Crippen LogP) is 2.75. The molecule has 1 aliphatic rings. The Kier molecular flexibility index (Phi) is 5.82. The van der Waals surface area contributed by atoms with Crippen LogP contribution in [0.1, 0.15) is 39.0 Å². The molecule has 0 radical (unpaired) electrons. The fourth-order valence-electron chi connectivity index (χ4n) is 1.95. The summed E-state index contributed by atoms with van der Waals surface area (Å²) in [4.78, 5) is 11.7. The topological polar surface area (TPSA) is 29.1 Å². The van der Waals surface area contributed by atoms with E-state index >= 15 is 0 Å². The van der Waals surface area contributed by atoms with Crippen molar-refractivity contribution < 1.29 is 4.79 Å². The third-order valence-electron chi connectivity index (χ3n) is 3.00. The van der Waals surface area contributed by atoms with E-state index in [1.54, 1.807) is 0 Å². The molecule has 0 aromatic carbocycles. The van der Waals surface area contributed by atoms with Gasteiger partial charge in [-0.2, -0.15) is 0 Å². The Hall–Kier alpha value is 0.200. The molecule has 1 fully saturated rings. The average Bonchev–Trinajstić information content (AvgIpc) is 2.19. The number of carbonyl (C=O) groups excluding carboxylic acids is 1. The minimum absolute atomic E-state index is 0.293. The van der Waals surface area contributed by atoms with Gasteiger partial charge in [-0.05, 0) is 38.0 Å². The Morgan fingerprint density at radius 1 is 1.36 bits per heavy atom. The van der Waals surface area contributed by atoms with Gasteiger partial charge in [0.1, 0.15) is 0 Å². The second kappa shape index (κ2) is 6.64. The summed E-state index contributed by atoms with van der Waals surface area (Å²) in [6.07, 6.45) is 5.73. The van der Waals surface area contributed by atoms with Crippen molar-refractivity contribution >= 4 is 28.5 Å². The van der Waals surface area contributed by atoms with Gasteiger partial charge in [0.05, 0.1) is 0 Å². The van der Waals surface area contributed by atoms with Gasteiger partial charge in [0, 0.05) is 16.9 Å². The first kappa shape index (κ1) is 12.3. The van der Waals surface area contributed by atoms with Crippen LogP contribution in [-0.4, -0.2) is 16.9 Å².